The summed E-state index contributed by atoms with van der Waals surface area (Å²) in [4.78, 5) is 2.37. The van der Waals surface area contributed by atoms with Crippen LogP contribution in [0.4, 0.5) is 0 Å². The molecule has 2 unspecified atom stereocenters. The van der Waals surface area contributed by atoms with Gasteiger partial charge >= 0.3 is 0 Å². The Morgan fingerprint density at radius 1 is 1.35 bits per heavy atom. The monoisotopic (exact) mass is 234 g/mol. The van der Waals surface area contributed by atoms with Crippen molar-refractivity contribution < 1.29 is 4.74 Å². The Morgan fingerprint density at radius 2 is 2.06 bits per heavy atom. The molecule has 1 aliphatic rings. The Morgan fingerprint density at radius 3 is 2.59 bits per heavy atom. The van der Waals surface area contributed by atoms with Crippen molar-refractivity contribution in [2.45, 2.75) is 25.4 Å². The highest BCUT2D eigenvalue weighted by molar-refractivity contribution is 5.28. The first kappa shape index (κ1) is 12.4. The van der Waals surface area contributed by atoms with Crippen molar-refractivity contribution in [3.05, 3.63) is 29.8 Å². The SMILES string of the molecule is COc1ccc(C(C)NC2CCN(C)C2)cc1. The lowest BCUT2D eigenvalue weighted by molar-refractivity contribution is 0.387. The van der Waals surface area contributed by atoms with E-state index in [2.05, 4.69) is 36.3 Å². The van der Waals surface area contributed by atoms with Crippen LogP contribution in [0, 0.1) is 0 Å². The van der Waals surface area contributed by atoms with Gasteiger partial charge in [0.05, 0.1) is 7.11 Å². The third kappa shape index (κ3) is 3.20. The average Bonchev–Trinajstić information content (AvgIpc) is 2.75. The molecular weight excluding hydrogens is 212 g/mol. The number of benzene rings is 1. The van der Waals surface area contributed by atoms with E-state index in [-0.39, 0.29) is 0 Å². The molecule has 0 aromatic heterocycles. The molecule has 0 saturated carbocycles. The van der Waals surface area contributed by atoms with Gasteiger partial charge in [-0.1, -0.05) is 12.1 Å². The number of methoxy groups -OCH3 is 1. The van der Waals surface area contributed by atoms with E-state index < -0.39 is 0 Å². The van der Waals surface area contributed by atoms with Crippen LogP contribution < -0.4 is 10.1 Å². The minimum Gasteiger partial charge on any atom is -0.497 e. The van der Waals surface area contributed by atoms with E-state index in [9.17, 15) is 0 Å². The number of nitrogens with one attached hydrogen (secondary N) is 1. The highest BCUT2D eigenvalue weighted by Gasteiger charge is 2.20. The van der Waals surface area contributed by atoms with Crippen molar-refractivity contribution in [1.82, 2.24) is 10.2 Å². The minimum atomic E-state index is 0.400. The van der Waals surface area contributed by atoms with Gasteiger partial charge in [0.25, 0.3) is 0 Å². The molecule has 0 radical (unpaired) electrons. The molecule has 1 N–H and O–H groups in total. The van der Waals surface area contributed by atoms with Crippen molar-refractivity contribution in [3.8, 4) is 5.75 Å². The lowest BCUT2D eigenvalue weighted by atomic mass is 10.1. The zero-order valence-corrected chi connectivity index (χ0v) is 10.9. The van der Waals surface area contributed by atoms with Gasteiger partial charge in [-0.2, -0.15) is 0 Å². The molecule has 1 aromatic rings. The first-order chi connectivity index (χ1) is 8.19. The zero-order valence-electron chi connectivity index (χ0n) is 10.9. The smallest absolute Gasteiger partial charge is 0.118 e. The van der Waals surface area contributed by atoms with Crippen LogP contribution in [0.2, 0.25) is 0 Å². The molecule has 1 aliphatic heterocycles. The van der Waals surface area contributed by atoms with Gasteiger partial charge in [0.2, 0.25) is 0 Å². The van der Waals surface area contributed by atoms with Gasteiger partial charge < -0.3 is 15.0 Å². The van der Waals surface area contributed by atoms with Crippen molar-refractivity contribution in [1.29, 1.82) is 0 Å². The standard InChI is InChI=1S/C14H22N2O/c1-11(15-13-8-9-16(2)10-13)12-4-6-14(17-3)7-5-12/h4-7,11,13,15H,8-10H2,1-3H3. The maximum atomic E-state index is 5.17. The Labute approximate surface area is 104 Å². The van der Waals surface area contributed by atoms with Crippen LogP contribution in [-0.4, -0.2) is 38.2 Å². The predicted octanol–water partition coefficient (Wildman–Crippen LogP) is 2.05. The van der Waals surface area contributed by atoms with Gasteiger partial charge in [0.15, 0.2) is 0 Å². The predicted molar refractivity (Wildman–Crippen MR) is 70.4 cm³/mol. The summed E-state index contributed by atoms with van der Waals surface area (Å²) < 4.78 is 5.17. The minimum absolute atomic E-state index is 0.400. The fourth-order valence-electron chi connectivity index (χ4n) is 2.41. The normalized spacial score (nSPS) is 22.6. The van der Waals surface area contributed by atoms with Gasteiger partial charge in [-0.05, 0) is 44.6 Å². The summed E-state index contributed by atoms with van der Waals surface area (Å²) in [6, 6.07) is 9.34. The van der Waals surface area contributed by atoms with E-state index in [1.807, 2.05) is 12.1 Å². The molecule has 0 bridgehead atoms. The summed E-state index contributed by atoms with van der Waals surface area (Å²) in [6.07, 6.45) is 1.25. The fourth-order valence-corrected chi connectivity index (χ4v) is 2.41. The molecule has 3 heteroatoms. The molecule has 1 heterocycles. The number of nitrogens with zero attached hydrogens (tertiary/aromatic N) is 1. The summed E-state index contributed by atoms with van der Waals surface area (Å²) in [6.45, 7) is 4.58. The molecule has 17 heavy (non-hydrogen) atoms. The second kappa shape index (κ2) is 5.52. The van der Waals surface area contributed by atoms with Crippen molar-refractivity contribution >= 4 is 0 Å². The molecule has 2 atom stereocenters. The van der Waals surface area contributed by atoms with Crippen LogP contribution in [0.15, 0.2) is 24.3 Å². The van der Waals surface area contributed by atoms with Crippen LogP contribution in [0.1, 0.15) is 24.9 Å². The number of hydrogen-bond acceptors (Lipinski definition) is 3. The molecule has 2 rings (SSSR count). The molecule has 0 aliphatic carbocycles. The Balaban J connectivity index is 1.92. The maximum absolute atomic E-state index is 5.17. The van der Waals surface area contributed by atoms with Crippen molar-refractivity contribution in [3.63, 3.8) is 0 Å². The summed E-state index contributed by atoms with van der Waals surface area (Å²) in [5.41, 5.74) is 1.32. The highest BCUT2D eigenvalue weighted by atomic mass is 16.5. The van der Waals surface area contributed by atoms with E-state index in [1.54, 1.807) is 7.11 Å². The van der Waals surface area contributed by atoms with E-state index in [4.69, 9.17) is 4.74 Å². The van der Waals surface area contributed by atoms with Crippen LogP contribution in [0.5, 0.6) is 5.75 Å². The molecule has 0 spiro atoms. The second-order valence-electron chi connectivity index (χ2n) is 4.91. The topological polar surface area (TPSA) is 24.5 Å². The quantitative estimate of drug-likeness (QED) is 0.863. The average molecular weight is 234 g/mol. The summed E-state index contributed by atoms with van der Waals surface area (Å²) in [5.74, 6) is 0.918. The largest absolute Gasteiger partial charge is 0.497 e. The summed E-state index contributed by atoms with van der Waals surface area (Å²) >= 11 is 0. The maximum Gasteiger partial charge on any atom is 0.118 e. The third-order valence-electron chi connectivity index (χ3n) is 3.49. The van der Waals surface area contributed by atoms with E-state index >= 15 is 0 Å². The van der Waals surface area contributed by atoms with Gasteiger partial charge in [-0.3, -0.25) is 0 Å². The van der Waals surface area contributed by atoms with Crippen LogP contribution in [0.25, 0.3) is 0 Å². The fraction of sp³-hybridized carbons (Fsp3) is 0.571. The zero-order chi connectivity index (χ0) is 12.3. The number of hydrogen-bond donors (Lipinski definition) is 1. The van der Waals surface area contributed by atoms with Crippen molar-refractivity contribution in [2.75, 3.05) is 27.2 Å². The highest BCUT2D eigenvalue weighted by Crippen LogP contribution is 2.19. The third-order valence-corrected chi connectivity index (χ3v) is 3.49. The molecule has 0 amide bonds. The summed E-state index contributed by atoms with van der Waals surface area (Å²) in [7, 11) is 3.88. The second-order valence-corrected chi connectivity index (χ2v) is 4.91. The number of ether oxygens (including phenoxy) is 1. The Hall–Kier alpha value is -1.06. The number of likely N-dealkylation sites (N-methyl/N-ethyl adjacent to an activating group) is 1. The molecular formula is C14H22N2O. The van der Waals surface area contributed by atoms with Gasteiger partial charge in [-0.25, -0.2) is 0 Å². The van der Waals surface area contributed by atoms with Crippen molar-refractivity contribution in [2.24, 2.45) is 0 Å². The molecule has 3 nitrogen and oxygen atoms in total. The van der Waals surface area contributed by atoms with Crippen LogP contribution in [-0.2, 0) is 0 Å². The van der Waals surface area contributed by atoms with E-state index in [0.29, 0.717) is 12.1 Å². The van der Waals surface area contributed by atoms with E-state index in [1.165, 1.54) is 18.5 Å². The van der Waals surface area contributed by atoms with Gasteiger partial charge in [0, 0.05) is 18.6 Å². The van der Waals surface area contributed by atoms with Crippen LogP contribution >= 0.6 is 0 Å². The Kier molecular flexibility index (Phi) is 4.02. The number of rotatable bonds is 4. The first-order valence-corrected chi connectivity index (χ1v) is 6.27. The van der Waals surface area contributed by atoms with E-state index in [0.717, 1.165) is 12.3 Å². The Bertz CT molecular complexity index is 350. The molecule has 1 fully saturated rings. The van der Waals surface area contributed by atoms with Gasteiger partial charge in [-0.15, -0.1) is 0 Å². The number of likely N-dealkylation sites (tertiary alicyclic amines) is 1. The first-order valence-electron chi connectivity index (χ1n) is 6.27. The molecule has 1 saturated heterocycles. The van der Waals surface area contributed by atoms with Gasteiger partial charge in [0.1, 0.15) is 5.75 Å². The van der Waals surface area contributed by atoms with Crippen LogP contribution in [0.3, 0.4) is 0 Å². The molecule has 94 valence electrons. The molecule has 1 aromatic carbocycles. The lowest BCUT2D eigenvalue weighted by Gasteiger charge is -2.20. The summed E-state index contributed by atoms with van der Waals surface area (Å²) in [5, 5.41) is 3.68. The lowest BCUT2D eigenvalue weighted by Crippen LogP contribution is -2.33.